The van der Waals surface area contributed by atoms with E-state index in [0.717, 1.165) is 0 Å². The van der Waals surface area contributed by atoms with E-state index in [0.29, 0.717) is 12.1 Å². The zero-order chi connectivity index (χ0) is 12.0. The topological polar surface area (TPSA) is 12.0 Å². The first-order valence-electron chi connectivity index (χ1n) is 6.52. The molecule has 0 spiro atoms. The smallest absolute Gasteiger partial charge is 0.0294 e. The van der Waals surface area contributed by atoms with Crippen LogP contribution in [0.25, 0.3) is 0 Å². The molecule has 0 heterocycles. The van der Waals surface area contributed by atoms with E-state index in [1.807, 2.05) is 0 Å². The lowest BCUT2D eigenvalue weighted by Crippen LogP contribution is -2.28. The highest BCUT2D eigenvalue weighted by Gasteiger charge is 2.07. The lowest BCUT2D eigenvalue weighted by atomic mass is 10.0. The van der Waals surface area contributed by atoms with E-state index in [4.69, 9.17) is 0 Å². The summed E-state index contributed by atoms with van der Waals surface area (Å²) in [6, 6.07) is 10.1. The molecule has 0 amide bonds. The molecule has 1 nitrogen and oxygen atoms in total. The third-order valence-corrected chi connectivity index (χ3v) is 3.17. The first kappa shape index (κ1) is 13.2. The summed E-state index contributed by atoms with van der Waals surface area (Å²) in [5, 5.41) is 3.60. The predicted molar refractivity (Wildman–Crippen MR) is 71.7 cm³/mol. The number of hydrogen-bond acceptors (Lipinski definition) is 1. The molecule has 0 aliphatic heterocycles. The highest BCUT2D eigenvalue weighted by molar-refractivity contribution is 5.24. The van der Waals surface area contributed by atoms with Crippen LogP contribution < -0.4 is 5.32 Å². The summed E-state index contributed by atoms with van der Waals surface area (Å²) >= 11 is 0. The van der Waals surface area contributed by atoms with Crippen LogP contribution in [0.4, 0.5) is 0 Å². The average Bonchev–Trinajstić information content (AvgIpc) is 2.30. The molecule has 0 aliphatic rings. The molecule has 1 rings (SSSR count). The molecule has 0 saturated carbocycles. The molecule has 1 heteroatoms. The molecule has 1 aromatic carbocycles. The molecule has 0 radical (unpaired) electrons. The maximum absolute atomic E-state index is 3.60. The van der Waals surface area contributed by atoms with E-state index in [9.17, 15) is 0 Å². The second kappa shape index (κ2) is 6.70. The molecular weight excluding hydrogens is 194 g/mol. The SMILES string of the molecule is CCCc1ccc(C(C)NC(C)CC)cc1. The molecular formula is C15H25N. The Bertz CT molecular complexity index is 289. The van der Waals surface area contributed by atoms with Crippen molar-refractivity contribution in [2.45, 2.75) is 59.0 Å². The normalized spacial score (nSPS) is 14.8. The van der Waals surface area contributed by atoms with Crippen molar-refractivity contribution in [2.75, 3.05) is 0 Å². The van der Waals surface area contributed by atoms with Gasteiger partial charge in [0.05, 0.1) is 0 Å². The van der Waals surface area contributed by atoms with Crippen LogP contribution in [0, 0.1) is 0 Å². The van der Waals surface area contributed by atoms with Crippen LogP contribution in [0.2, 0.25) is 0 Å². The average molecular weight is 219 g/mol. The van der Waals surface area contributed by atoms with Crippen LogP contribution in [0.3, 0.4) is 0 Å². The van der Waals surface area contributed by atoms with Crippen LogP contribution in [-0.2, 0) is 6.42 Å². The van der Waals surface area contributed by atoms with Crippen molar-refractivity contribution in [3.05, 3.63) is 35.4 Å². The molecule has 16 heavy (non-hydrogen) atoms. The van der Waals surface area contributed by atoms with Gasteiger partial charge in [0.2, 0.25) is 0 Å². The molecule has 90 valence electrons. The quantitative estimate of drug-likeness (QED) is 0.760. The van der Waals surface area contributed by atoms with Crippen LogP contribution >= 0.6 is 0 Å². The van der Waals surface area contributed by atoms with Crippen molar-refractivity contribution in [1.29, 1.82) is 0 Å². The van der Waals surface area contributed by atoms with Crippen LogP contribution in [0.5, 0.6) is 0 Å². The lowest BCUT2D eigenvalue weighted by molar-refractivity contribution is 0.469. The molecule has 0 bridgehead atoms. The molecule has 2 unspecified atom stereocenters. The van der Waals surface area contributed by atoms with Crippen LogP contribution in [-0.4, -0.2) is 6.04 Å². The van der Waals surface area contributed by atoms with Gasteiger partial charge >= 0.3 is 0 Å². The minimum atomic E-state index is 0.450. The van der Waals surface area contributed by atoms with Crippen molar-refractivity contribution in [3.8, 4) is 0 Å². The lowest BCUT2D eigenvalue weighted by Gasteiger charge is -2.19. The standard InChI is InChI=1S/C15H25N/c1-5-7-14-8-10-15(11-9-14)13(4)16-12(3)6-2/h8-13,16H,5-7H2,1-4H3. The first-order valence-corrected chi connectivity index (χ1v) is 6.52. The van der Waals surface area contributed by atoms with E-state index in [1.54, 1.807) is 0 Å². The Kier molecular flexibility index (Phi) is 5.54. The maximum Gasteiger partial charge on any atom is 0.0294 e. The molecule has 1 N–H and O–H groups in total. The van der Waals surface area contributed by atoms with Crippen LogP contribution in [0.1, 0.15) is 57.7 Å². The monoisotopic (exact) mass is 219 g/mol. The van der Waals surface area contributed by atoms with Crippen molar-refractivity contribution in [1.82, 2.24) is 5.32 Å². The molecule has 2 atom stereocenters. The van der Waals surface area contributed by atoms with E-state index in [2.05, 4.69) is 57.3 Å². The first-order chi connectivity index (χ1) is 7.67. The number of benzene rings is 1. The second-order valence-corrected chi connectivity index (χ2v) is 4.69. The molecule has 0 aliphatic carbocycles. The molecule has 0 fully saturated rings. The Morgan fingerprint density at radius 1 is 1.06 bits per heavy atom. The van der Waals surface area contributed by atoms with Gasteiger partial charge in [0.25, 0.3) is 0 Å². The van der Waals surface area contributed by atoms with E-state index in [-0.39, 0.29) is 0 Å². The Morgan fingerprint density at radius 3 is 2.19 bits per heavy atom. The zero-order valence-electron chi connectivity index (χ0n) is 11.1. The Labute approximate surface area is 100 Å². The van der Waals surface area contributed by atoms with Gasteiger partial charge in [0.1, 0.15) is 0 Å². The molecule has 1 aromatic rings. The van der Waals surface area contributed by atoms with Crippen molar-refractivity contribution < 1.29 is 0 Å². The summed E-state index contributed by atoms with van der Waals surface area (Å²) in [7, 11) is 0. The summed E-state index contributed by atoms with van der Waals surface area (Å²) in [4.78, 5) is 0. The highest BCUT2D eigenvalue weighted by Crippen LogP contribution is 2.15. The Morgan fingerprint density at radius 2 is 1.69 bits per heavy atom. The van der Waals surface area contributed by atoms with Gasteiger partial charge in [-0.2, -0.15) is 0 Å². The summed E-state index contributed by atoms with van der Waals surface area (Å²) < 4.78 is 0. The summed E-state index contributed by atoms with van der Waals surface area (Å²) in [5.74, 6) is 0. The summed E-state index contributed by atoms with van der Waals surface area (Å²) in [5.41, 5.74) is 2.84. The van der Waals surface area contributed by atoms with Gasteiger partial charge in [-0.1, -0.05) is 44.5 Å². The van der Waals surface area contributed by atoms with Crippen molar-refractivity contribution >= 4 is 0 Å². The van der Waals surface area contributed by atoms with Gasteiger partial charge in [-0.05, 0) is 37.8 Å². The predicted octanol–water partition coefficient (Wildman–Crippen LogP) is 4.09. The maximum atomic E-state index is 3.60. The number of hydrogen-bond donors (Lipinski definition) is 1. The fraction of sp³-hybridized carbons (Fsp3) is 0.600. The van der Waals surface area contributed by atoms with Gasteiger partial charge in [0.15, 0.2) is 0 Å². The fourth-order valence-electron chi connectivity index (χ4n) is 1.90. The van der Waals surface area contributed by atoms with E-state index >= 15 is 0 Å². The van der Waals surface area contributed by atoms with Gasteiger partial charge in [-0.3, -0.25) is 0 Å². The highest BCUT2D eigenvalue weighted by atomic mass is 14.9. The van der Waals surface area contributed by atoms with E-state index < -0.39 is 0 Å². The molecule has 0 saturated heterocycles. The van der Waals surface area contributed by atoms with Crippen molar-refractivity contribution in [2.24, 2.45) is 0 Å². The Hall–Kier alpha value is -0.820. The fourth-order valence-corrected chi connectivity index (χ4v) is 1.90. The summed E-state index contributed by atoms with van der Waals surface area (Å²) in [6.45, 7) is 8.92. The third kappa shape index (κ3) is 3.97. The van der Waals surface area contributed by atoms with Gasteiger partial charge in [-0.25, -0.2) is 0 Å². The third-order valence-electron chi connectivity index (χ3n) is 3.17. The zero-order valence-corrected chi connectivity index (χ0v) is 11.1. The van der Waals surface area contributed by atoms with Crippen LogP contribution in [0.15, 0.2) is 24.3 Å². The Balaban J connectivity index is 2.59. The minimum Gasteiger partial charge on any atom is -0.308 e. The number of aryl methyl sites for hydroxylation is 1. The van der Waals surface area contributed by atoms with Gasteiger partial charge in [0, 0.05) is 12.1 Å². The van der Waals surface area contributed by atoms with Gasteiger partial charge in [-0.15, -0.1) is 0 Å². The number of nitrogens with one attached hydrogen (secondary N) is 1. The number of rotatable bonds is 6. The van der Waals surface area contributed by atoms with Crippen molar-refractivity contribution in [3.63, 3.8) is 0 Å². The molecule has 0 aromatic heterocycles. The second-order valence-electron chi connectivity index (χ2n) is 4.69. The largest absolute Gasteiger partial charge is 0.308 e. The summed E-state index contributed by atoms with van der Waals surface area (Å²) in [6.07, 6.45) is 3.59. The van der Waals surface area contributed by atoms with Gasteiger partial charge < -0.3 is 5.32 Å². The minimum absolute atomic E-state index is 0.450. The van der Waals surface area contributed by atoms with E-state index in [1.165, 1.54) is 30.4 Å².